The number of nitrogens with zero attached hydrogens (tertiary/aromatic N) is 1. The number of rotatable bonds is 5. The molecule has 90 valence electrons. The van der Waals surface area contributed by atoms with Gasteiger partial charge in [-0.2, -0.15) is 5.26 Å². The van der Waals surface area contributed by atoms with Crippen LogP contribution in [0.2, 0.25) is 5.02 Å². The minimum atomic E-state index is -0.0766. The smallest absolute Gasteiger partial charge is 0.239 e. The lowest BCUT2D eigenvalue weighted by atomic mass is 10.2. The molecular weight excluding hydrogens is 238 g/mol. The van der Waals surface area contributed by atoms with E-state index < -0.39 is 0 Å². The van der Waals surface area contributed by atoms with Crippen LogP contribution in [0, 0.1) is 11.3 Å². The van der Waals surface area contributed by atoms with Crippen LogP contribution in [0.3, 0.4) is 0 Å². The number of hydrogen-bond acceptors (Lipinski definition) is 3. The average molecular weight is 252 g/mol. The topological polar surface area (TPSA) is 64.9 Å². The van der Waals surface area contributed by atoms with Gasteiger partial charge in [0.25, 0.3) is 0 Å². The molecule has 0 aromatic heterocycles. The van der Waals surface area contributed by atoms with Crippen molar-refractivity contribution in [2.75, 3.05) is 18.4 Å². The van der Waals surface area contributed by atoms with Crippen LogP contribution in [-0.4, -0.2) is 19.0 Å². The van der Waals surface area contributed by atoms with Crippen molar-refractivity contribution >= 4 is 23.2 Å². The van der Waals surface area contributed by atoms with Crippen molar-refractivity contribution < 1.29 is 4.79 Å². The Morgan fingerprint density at radius 3 is 2.88 bits per heavy atom. The summed E-state index contributed by atoms with van der Waals surface area (Å²) in [5.74, 6) is -0.0766. The van der Waals surface area contributed by atoms with E-state index in [2.05, 4.69) is 10.6 Å². The molecule has 4 nitrogen and oxygen atoms in total. The minimum absolute atomic E-state index is 0.0766. The molecule has 0 spiro atoms. The van der Waals surface area contributed by atoms with E-state index in [0.29, 0.717) is 22.8 Å². The van der Waals surface area contributed by atoms with Crippen LogP contribution in [0.15, 0.2) is 18.2 Å². The molecule has 0 radical (unpaired) electrons. The van der Waals surface area contributed by atoms with Gasteiger partial charge in [-0.15, -0.1) is 0 Å². The van der Waals surface area contributed by atoms with Gasteiger partial charge in [0.1, 0.15) is 0 Å². The van der Waals surface area contributed by atoms with E-state index in [1.54, 1.807) is 18.2 Å². The van der Waals surface area contributed by atoms with Gasteiger partial charge in [-0.1, -0.05) is 18.5 Å². The van der Waals surface area contributed by atoms with Gasteiger partial charge < -0.3 is 10.6 Å². The van der Waals surface area contributed by atoms with Gasteiger partial charge in [-0.05, 0) is 24.6 Å². The Labute approximate surface area is 106 Å². The van der Waals surface area contributed by atoms with Crippen LogP contribution in [0.25, 0.3) is 0 Å². The second-order valence-electron chi connectivity index (χ2n) is 3.51. The zero-order chi connectivity index (χ0) is 12.7. The first-order chi connectivity index (χ1) is 8.17. The number of carbonyl (C=O) groups is 1. The van der Waals surface area contributed by atoms with Gasteiger partial charge >= 0.3 is 0 Å². The second-order valence-corrected chi connectivity index (χ2v) is 3.92. The largest absolute Gasteiger partial charge is 0.375 e. The number of anilines is 1. The fraction of sp³-hybridized carbons (Fsp3) is 0.333. The highest BCUT2D eigenvalue weighted by molar-refractivity contribution is 6.33. The van der Waals surface area contributed by atoms with Crippen molar-refractivity contribution in [3.8, 4) is 6.07 Å². The minimum Gasteiger partial charge on any atom is -0.375 e. The highest BCUT2D eigenvalue weighted by Gasteiger charge is 2.04. The first kappa shape index (κ1) is 13.3. The maximum absolute atomic E-state index is 11.3. The number of benzene rings is 1. The molecule has 0 aliphatic carbocycles. The molecule has 2 N–H and O–H groups in total. The molecule has 0 fully saturated rings. The SMILES string of the molecule is CCCNC(=O)CNc1ccc(C#N)cc1Cl. The normalized spacial score (nSPS) is 9.47. The van der Waals surface area contributed by atoms with Crippen LogP contribution in [0.5, 0.6) is 0 Å². The predicted molar refractivity (Wildman–Crippen MR) is 68.0 cm³/mol. The summed E-state index contributed by atoms with van der Waals surface area (Å²) in [5, 5.41) is 14.8. The standard InChI is InChI=1S/C12H14ClN3O/c1-2-5-15-12(17)8-16-11-4-3-9(7-14)6-10(11)13/h3-4,6,16H,2,5,8H2,1H3,(H,15,17). The van der Waals surface area contributed by atoms with E-state index in [1.807, 2.05) is 13.0 Å². The van der Waals surface area contributed by atoms with Gasteiger partial charge in [-0.25, -0.2) is 0 Å². The monoisotopic (exact) mass is 251 g/mol. The van der Waals surface area contributed by atoms with E-state index >= 15 is 0 Å². The quantitative estimate of drug-likeness (QED) is 0.843. The number of hydrogen-bond donors (Lipinski definition) is 2. The van der Waals surface area contributed by atoms with Crippen molar-refractivity contribution in [2.24, 2.45) is 0 Å². The van der Waals surface area contributed by atoms with Crippen LogP contribution in [-0.2, 0) is 4.79 Å². The fourth-order valence-electron chi connectivity index (χ4n) is 1.23. The Hall–Kier alpha value is -1.73. The predicted octanol–water partition coefficient (Wildman–Crippen LogP) is 2.15. The lowest BCUT2D eigenvalue weighted by Gasteiger charge is -2.08. The van der Waals surface area contributed by atoms with E-state index in [9.17, 15) is 4.79 Å². The van der Waals surface area contributed by atoms with E-state index in [4.69, 9.17) is 16.9 Å². The summed E-state index contributed by atoms with van der Waals surface area (Å²) in [4.78, 5) is 11.3. The first-order valence-electron chi connectivity index (χ1n) is 5.37. The zero-order valence-corrected chi connectivity index (χ0v) is 10.3. The fourth-order valence-corrected chi connectivity index (χ4v) is 1.48. The summed E-state index contributed by atoms with van der Waals surface area (Å²) < 4.78 is 0. The Balaban J connectivity index is 2.52. The Morgan fingerprint density at radius 1 is 1.53 bits per heavy atom. The third-order valence-corrected chi connectivity index (χ3v) is 2.42. The Morgan fingerprint density at radius 2 is 2.29 bits per heavy atom. The first-order valence-corrected chi connectivity index (χ1v) is 5.75. The molecule has 1 aromatic carbocycles. The molecule has 1 amide bonds. The molecule has 1 rings (SSSR count). The summed E-state index contributed by atoms with van der Waals surface area (Å²) in [6, 6.07) is 6.90. The number of amides is 1. The van der Waals surface area contributed by atoms with Crippen molar-refractivity contribution in [2.45, 2.75) is 13.3 Å². The van der Waals surface area contributed by atoms with Crippen LogP contribution in [0.4, 0.5) is 5.69 Å². The van der Waals surface area contributed by atoms with Gasteiger partial charge in [-0.3, -0.25) is 4.79 Å². The maximum Gasteiger partial charge on any atom is 0.239 e. The summed E-state index contributed by atoms with van der Waals surface area (Å²) in [7, 11) is 0. The average Bonchev–Trinajstić information content (AvgIpc) is 2.34. The van der Waals surface area contributed by atoms with Crippen molar-refractivity contribution in [3.63, 3.8) is 0 Å². The van der Waals surface area contributed by atoms with Crippen LogP contribution in [0.1, 0.15) is 18.9 Å². The van der Waals surface area contributed by atoms with E-state index in [0.717, 1.165) is 6.42 Å². The van der Waals surface area contributed by atoms with Gasteiger partial charge in [0.15, 0.2) is 0 Å². The van der Waals surface area contributed by atoms with E-state index in [-0.39, 0.29) is 12.5 Å². The summed E-state index contributed by atoms with van der Waals surface area (Å²) >= 11 is 5.95. The van der Waals surface area contributed by atoms with Crippen LogP contribution >= 0.6 is 11.6 Å². The summed E-state index contributed by atoms with van der Waals surface area (Å²) in [6.45, 7) is 2.83. The lowest BCUT2D eigenvalue weighted by molar-refractivity contribution is -0.119. The number of nitrogens with one attached hydrogen (secondary N) is 2. The van der Waals surface area contributed by atoms with Crippen LogP contribution < -0.4 is 10.6 Å². The molecule has 5 heteroatoms. The van der Waals surface area contributed by atoms with Crippen molar-refractivity contribution in [1.82, 2.24) is 5.32 Å². The molecule has 0 atom stereocenters. The highest BCUT2D eigenvalue weighted by Crippen LogP contribution is 2.22. The molecule has 1 aromatic rings. The van der Waals surface area contributed by atoms with Gasteiger partial charge in [0.2, 0.25) is 5.91 Å². The second kappa shape index (κ2) is 6.77. The third kappa shape index (κ3) is 4.33. The molecule has 0 saturated heterocycles. The third-order valence-electron chi connectivity index (χ3n) is 2.11. The molecule has 0 aliphatic heterocycles. The van der Waals surface area contributed by atoms with Gasteiger partial charge in [0, 0.05) is 6.54 Å². The lowest BCUT2D eigenvalue weighted by Crippen LogP contribution is -2.30. The maximum atomic E-state index is 11.3. The summed E-state index contributed by atoms with van der Waals surface area (Å²) in [5.41, 5.74) is 1.15. The number of halogens is 1. The molecule has 0 unspecified atom stereocenters. The highest BCUT2D eigenvalue weighted by atomic mass is 35.5. The molecule has 0 heterocycles. The van der Waals surface area contributed by atoms with Crippen molar-refractivity contribution in [1.29, 1.82) is 5.26 Å². The number of carbonyl (C=O) groups excluding carboxylic acids is 1. The summed E-state index contributed by atoms with van der Waals surface area (Å²) in [6.07, 6.45) is 0.906. The molecule has 0 saturated carbocycles. The zero-order valence-electron chi connectivity index (χ0n) is 9.59. The molecule has 0 bridgehead atoms. The molecular formula is C12H14ClN3O. The molecule has 0 aliphatic rings. The molecule has 17 heavy (non-hydrogen) atoms. The Kier molecular flexibility index (Phi) is 5.31. The Bertz CT molecular complexity index is 440. The number of nitriles is 1. The van der Waals surface area contributed by atoms with Crippen molar-refractivity contribution in [3.05, 3.63) is 28.8 Å². The van der Waals surface area contributed by atoms with Gasteiger partial charge in [0.05, 0.1) is 28.9 Å². The van der Waals surface area contributed by atoms with E-state index in [1.165, 1.54) is 0 Å².